The summed E-state index contributed by atoms with van der Waals surface area (Å²) in [6.45, 7) is 2.00. The molecule has 24 heavy (non-hydrogen) atoms. The number of nitrogens with one attached hydrogen (secondary N) is 1. The van der Waals surface area contributed by atoms with Gasteiger partial charge in [-0.25, -0.2) is 0 Å². The lowest BCUT2D eigenvalue weighted by Crippen LogP contribution is -2.15. The molecule has 122 valence electrons. The Morgan fingerprint density at radius 2 is 1.79 bits per heavy atom. The summed E-state index contributed by atoms with van der Waals surface area (Å²) >= 11 is 11.8. The van der Waals surface area contributed by atoms with Gasteiger partial charge in [-0.1, -0.05) is 46.1 Å². The number of carbonyl (C=O) groups excluding carboxylic acids is 1. The Morgan fingerprint density at radius 1 is 1.12 bits per heavy atom. The van der Waals surface area contributed by atoms with E-state index in [1.165, 1.54) is 0 Å². The third-order valence-electron chi connectivity index (χ3n) is 3.23. The van der Waals surface area contributed by atoms with Crippen LogP contribution in [0.1, 0.15) is 11.4 Å². The van der Waals surface area contributed by atoms with Gasteiger partial charge in [0.1, 0.15) is 0 Å². The van der Waals surface area contributed by atoms with Crippen LogP contribution in [0.4, 0.5) is 5.69 Å². The highest BCUT2D eigenvalue weighted by Gasteiger charge is 2.13. The molecule has 0 unspecified atom stereocenters. The summed E-state index contributed by atoms with van der Waals surface area (Å²) in [6, 6.07) is 12.5. The number of aromatic nitrogens is 2. The van der Waals surface area contributed by atoms with Gasteiger partial charge in [-0.05, 0) is 37.3 Å². The first kappa shape index (κ1) is 16.5. The molecular formula is C17H13Cl2N3O2. The van der Waals surface area contributed by atoms with E-state index in [0.29, 0.717) is 27.4 Å². The summed E-state index contributed by atoms with van der Waals surface area (Å²) < 4.78 is 5.20. The third kappa shape index (κ3) is 4.13. The van der Waals surface area contributed by atoms with Crippen molar-refractivity contribution in [3.8, 4) is 11.5 Å². The molecule has 0 saturated carbocycles. The quantitative estimate of drug-likeness (QED) is 0.740. The molecule has 0 aliphatic heterocycles. The molecule has 1 amide bonds. The van der Waals surface area contributed by atoms with Crippen LogP contribution in [0.2, 0.25) is 10.0 Å². The SMILES string of the molecule is Cc1ccc(-c2nc(CC(=O)Nc3cc(Cl)cc(Cl)c3)no2)cc1. The van der Waals surface area contributed by atoms with Crippen molar-refractivity contribution in [2.24, 2.45) is 0 Å². The average Bonchev–Trinajstić information content (AvgIpc) is 2.95. The highest BCUT2D eigenvalue weighted by molar-refractivity contribution is 6.35. The standard InChI is InChI=1S/C17H13Cl2N3O2/c1-10-2-4-11(5-3-10)17-21-15(22-24-17)9-16(23)20-14-7-12(18)6-13(19)8-14/h2-8H,9H2,1H3,(H,20,23). The minimum atomic E-state index is -0.287. The topological polar surface area (TPSA) is 68.0 Å². The fourth-order valence-electron chi connectivity index (χ4n) is 2.11. The number of benzene rings is 2. The van der Waals surface area contributed by atoms with Crippen LogP contribution in [0.3, 0.4) is 0 Å². The van der Waals surface area contributed by atoms with Crippen LogP contribution in [0.15, 0.2) is 47.0 Å². The van der Waals surface area contributed by atoms with Crippen molar-refractivity contribution in [2.75, 3.05) is 5.32 Å². The zero-order chi connectivity index (χ0) is 17.1. The van der Waals surface area contributed by atoms with Crippen LogP contribution < -0.4 is 5.32 Å². The van der Waals surface area contributed by atoms with Crippen LogP contribution in [0.5, 0.6) is 0 Å². The molecule has 0 radical (unpaired) electrons. The van der Waals surface area contributed by atoms with Gasteiger partial charge in [0.2, 0.25) is 5.91 Å². The molecule has 1 heterocycles. The highest BCUT2D eigenvalue weighted by Crippen LogP contribution is 2.22. The van der Waals surface area contributed by atoms with E-state index in [1.807, 2.05) is 31.2 Å². The van der Waals surface area contributed by atoms with Crippen molar-refractivity contribution in [3.05, 3.63) is 63.9 Å². The molecular weight excluding hydrogens is 349 g/mol. The maximum absolute atomic E-state index is 12.1. The number of halogens is 2. The van der Waals surface area contributed by atoms with E-state index < -0.39 is 0 Å². The number of hydrogen-bond donors (Lipinski definition) is 1. The molecule has 3 rings (SSSR count). The van der Waals surface area contributed by atoms with Crippen molar-refractivity contribution in [3.63, 3.8) is 0 Å². The summed E-state index contributed by atoms with van der Waals surface area (Å²) in [4.78, 5) is 16.3. The van der Waals surface area contributed by atoms with E-state index in [-0.39, 0.29) is 12.3 Å². The molecule has 1 N–H and O–H groups in total. The first-order valence-electron chi connectivity index (χ1n) is 7.15. The molecule has 0 aliphatic rings. The van der Waals surface area contributed by atoms with Crippen molar-refractivity contribution >= 4 is 34.8 Å². The van der Waals surface area contributed by atoms with Crippen LogP contribution in [0.25, 0.3) is 11.5 Å². The van der Waals surface area contributed by atoms with E-state index in [2.05, 4.69) is 15.5 Å². The molecule has 0 bridgehead atoms. The van der Waals surface area contributed by atoms with Crippen LogP contribution in [-0.2, 0) is 11.2 Å². The Bertz CT molecular complexity index is 856. The van der Waals surface area contributed by atoms with E-state index in [1.54, 1.807) is 18.2 Å². The molecule has 0 atom stereocenters. The highest BCUT2D eigenvalue weighted by atomic mass is 35.5. The largest absolute Gasteiger partial charge is 0.334 e. The Balaban J connectivity index is 1.68. The summed E-state index contributed by atoms with van der Waals surface area (Å²) in [7, 11) is 0. The molecule has 1 aromatic heterocycles. The Labute approximate surface area is 148 Å². The number of rotatable bonds is 4. The van der Waals surface area contributed by atoms with Gasteiger partial charge in [-0.15, -0.1) is 0 Å². The maximum atomic E-state index is 12.1. The smallest absolute Gasteiger partial charge is 0.257 e. The second kappa shape index (κ2) is 7.03. The van der Waals surface area contributed by atoms with Crippen molar-refractivity contribution in [1.82, 2.24) is 10.1 Å². The normalized spacial score (nSPS) is 10.6. The molecule has 0 saturated heterocycles. The molecule has 0 spiro atoms. The fourth-order valence-corrected chi connectivity index (χ4v) is 2.64. The number of hydrogen-bond acceptors (Lipinski definition) is 4. The van der Waals surface area contributed by atoms with E-state index in [4.69, 9.17) is 27.7 Å². The van der Waals surface area contributed by atoms with Gasteiger partial charge in [0.15, 0.2) is 5.82 Å². The number of nitrogens with zero attached hydrogens (tertiary/aromatic N) is 2. The van der Waals surface area contributed by atoms with Gasteiger partial charge in [0, 0.05) is 21.3 Å². The lowest BCUT2D eigenvalue weighted by Gasteiger charge is -2.04. The van der Waals surface area contributed by atoms with Gasteiger partial charge in [0.25, 0.3) is 5.89 Å². The zero-order valence-electron chi connectivity index (χ0n) is 12.7. The Hall–Kier alpha value is -2.37. The van der Waals surface area contributed by atoms with E-state index >= 15 is 0 Å². The Kier molecular flexibility index (Phi) is 4.83. The molecule has 0 fully saturated rings. The van der Waals surface area contributed by atoms with Gasteiger partial charge in [-0.3, -0.25) is 4.79 Å². The van der Waals surface area contributed by atoms with Gasteiger partial charge in [-0.2, -0.15) is 4.98 Å². The molecule has 5 nitrogen and oxygen atoms in total. The average molecular weight is 362 g/mol. The molecule has 0 aliphatic carbocycles. The number of amides is 1. The minimum Gasteiger partial charge on any atom is -0.334 e. The van der Waals surface area contributed by atoms with Crippen molar-refractivity contribution in [2.45, 2.75) is 13.3 Å². The minimum absolute atomic E-state index is 0.0144. The van der Waals surface area contributed by atoms with Gasteiger partial charge in [0.05, 0.1) is 6.42 Å². The van der Waals surface area contributed by atoms with Crippen molar-refractivity contribution in [1.29, 1.82) is 0 Å². The van der Waals surface area contributed by atoms with Gasteiger partial charge < -0.3 is 9.84 Å². The summed E-state index contributed by atoms with van der Waals surface area (Å²) in [6.07, 6.45) is -0.0144. The second-order valence-electron chi connectivity index (χ2n) is 5.26. The molecule has 3 aromatic rings. The zero-order valence-corrected chi connectivity index (χ0v) is 14.2. The molecule has 7 heteroatoms. The monoisotopic (exact) mass is 361 g/mol. The Morgan fingerprint density at radius 3 is 2.46 bits per heavy atom. The predicted molar refractivity (Wildman–Crippen MR) is 93.3 cm³/mol. The van der Waals surface area contributed by atoms with E-state index in [9.17, 15) is 4.79 Å². The maximum Gasteiger partial charge on any atom is 0.257 e. The van der Waals surface area contributed by atoms with Crippen LogP contribution >= 0.6 is 23.2 Å². The lowest BCUT2D eigenvalue weighted by molar-refractivity contribution is -0.115. The summed E-state index contributed by atoms with van der Waals surface area (Å²) in [5.74, 6) is 0.393. The van der Waals surface area contributed by atoms with E-state index in [0.717, 1.165) is 11.1 Å². The number of carbonyl (C=O) groups is 1. The van der Waals surface area contributed by atoms with Gasteiger partial charge >= 0.3 is 0 Å². The molecule has 2 aromatic carbocycles. The lowest BCUT2D eigenvalue weighted by atomic mass is 10.1. The predicted octanol–water partition coefficient (Wildman–Crippen LogP) is 4.53. The number of aryl methyl sites for hydroxylation is 1. The third-order valence-corrected chi connectivity index (χ3v) is 3.67. The summed E-state index contributed by atoms with van der Waals surface area (Å²) in [5, 5.41) is 7.42. The van der Waals surface area contributed by atoms with Crippen LogP contribution in [0, 0.1) is 6.92 Å². The fraction of sp³-hybridized carbons (Fsp3) is 0.118. The number of anilines is 1. The summed E-state index contributed by atoms with van der Waals surface area (Å²) in [5.41, 5.74) is 2.46. The van der Waals surface area contributed by atoms with Crippen LogP contribution in [-0.4, -0.2) is 16.0 Å². The first-order chi connectivity index (χ1) is 11.5. The van der Waals surface area contributed by atoms with Crippen molar-refractivity contribution < 1.29 is 9.32 Å². The first-order valence-corrected chi connectivity index (χ1v) is 7.91. The second-order valence-corrected chi connectivity index (χ2v) is 6.14.